The summed E-state index contributed by atoms with van der Waals surface area (Å²) in [5.41, 5.74) is -0.895. The van der Waals surface area contributed by atoms with Gasteiger partial charge in [0.05, 0.1) is 11.6 Å². The van der Waals surface area contributed by atoms with E-state index >= 15 is 0 Å². The van der Waals surface area contributed by atoms with Crippen molar-refractivity contribution in [3.8, 4) is 11.8 Å². The quantitative estimate of drug-likeness (QED) is 0.600. The van der Waals surface area contributed by atoms with Gasteiger partial charge in [0.1, 0.15) is 5.75 Å². The Hall–Kier alpha value is -3.21. The van der Waals surface area contributed by atoms with Crippen LogP contribution in [0.3, 0.4) is 0 Å². The number of carbonyl (C=O) groups excluding carboxylic acids is 1. The highest BCUT2D eigenvalue weighted by atomic mass is 19.4. The Morgan fingerprint density at radius 1 is 1.09 bits per heavy atom. The molecule has 1 aromatic rings. The molecule has 1 aromatic carbocycles. The largest absolute Gasteiger partial charge is 0.478 e. The van der Waals surface area contributed by atoms with Crippen LogP contribution in [0.2, 0.25) is 0 Å². The number of carbonyl (C=O) groups is 2. The van der Waals surface area contributed by atoms with Gasteiger partial charge in [0.15, 0.2) is 5.60 Å². The van der Waals surface area contributed by atoms with Crippen molar-refractivity contribution in [2.45, 2.75) is 44.4 Å². The number of halogens is 6. The zero-order valence-corrected chi connectivity index (χ0v) is 18.0. The number of hydrogen-bond acceptors (Lipinski definition) is 6. The van der Waals surface area contributed by atoms with E-state index in [1.54, 1.807) is 11.0 Å². The molecular weight excluding hydrogens is 476 g/mol. The highest BCUT2D eigenvalue weighted by Gasteiger charge is 2.60. The number of ether oxygens (including phenoxy) is 2. The Morgan fingerprint density at radius 3 is 2.12 bits per heavy atom. The number of hydrogen-bond donors (Lipinski definition) is 1. The van der Waals surface area contributed by atoms with Gasteiger partial charge < -0.3 is 19.5 Å². The van der Waals surface area contributed by atoms with E-state index in [1.165, 1.54) is 26.0 Å². The van der Waals surface area contributed by atoms with E-state index in [1.807, 2.05) is 6.07 Å². The normalized spacial score (nSPS) is 15.7. The van der Waals surface area contributed by atoms with Gasteiger partial charge in [-0.15, -0.1) is 0 Å². The minimum Gasteiger partial charge on any atom is -0.478 e. The maximum Gasteiger partial charge on any atom is 0.434 e. The predicted octanol–water partition coefficient (Wildman–Crippen LogP) is 3.55. The van der Waals surface area contributed by atoms with Crippen LogP contribution in [0.25, 0.3) is 0 Å². The number of aliphatic carboxylic acids is 1. The first kappa shape index (κ1) is 27.0. The minimum atomic E-state index is -5.80. The minimum absolute atomic E-state index is 0.0829. The van der Waals surface area contributed by atoms with Gasteiger partial charge >= 0.3 is 24.4 Å². The Bertz CT molecular complexity index is 935. The summed E-state index contributed by atoms with van der Waals surface area (Å²) in [6.45, 7) is 2.56. The molecule has 34 heavy (non-hydrogen) atoms. The summed E-state index contributed by atoms with van der Waals surface area (Å²) < 4.78 is 85.0. The highest BCUT2D eigenvalue weighted by molar-refractivity contribution is 5.77. The average Bonchev–Trinajstić information content (AvgIpc) is 2.71. The van der Waals surface area contributed by atoms with E-state index in [0.29, 0.717) is 5.56 Å². The van der Waals surface area contributed by atoms with E-state index < -0.39 is 36.1 Å². The van der Waals surface area contributed by atoms with Gasteiger partial charge in [-0.1, -0.05) is 6.07 Å². The molecule has 0 saturated carbocycles. The molecule has 1 saturated heterocycles. The summed E-state index contributed by atoms with van der Waals surface area (Å²) in [5.74, 6) is -1.12. The van der Waals surface area contributed by atoms with Crippen molar-refractivity contribution in [2.24, 2.45) is 0 Å². The van der Waals surface area contributed by atoms with Gasteiger partial charge in [-0.05, 0) is 26.0 Å². The second-order valence-electron chi connectivity index (χ2n) is 7.96. The molecule has 0 unspecified atom stereocenters. The van der Waals surface area contributed by atoms with Crippen LogP contribution in [-0.2, 0) is 16.1 Å². The Morgan fingerprint density at radius 2 is 1.65 bits per heavy atom. The van der Waals surface area contributed by atoms with Crippen LogP contribution in [0.5, 0.6) is 5.75 Å². The highest BCUT2D eigenvalue weighted by Crippen LogP contribution is 2.36. The van der Waals surface area contributed by atoms with Crippen molar-refractivity contribution in [3.63, 3.8) is 0 Å². The third-order valence-corrected chi connectivity index (χ3v) is 4.91. The molecular formula is C20H21F6N3O5. The molecule has 0 aromatic heterocycles. The number of piperazine rings is 1. The first-order chi connectivity index (χ1) is 15.5. The summed E-state index contributed by atoms with van der Waals surface area (Å²) in [5, 5.41) is 18.4. The number of alkyl halides is 6. The molecule has 0 aliphatic carbocycles. The Kier molecular flexibility index (Phi) is 7.92. The number of nitriles is 1. The third kappa shape index (κ3) is 6.89. The molecule has 1 aliphatic rings. The fourth-order valence-electron chi connectivity index (χ4n) is 2.99. The van der Waals surface area contributed by atoms with Crippen LogP contribution in [0.15, 0.2) is 18.2 Å². The monoisotopic (exact) mass is 497 g/mol. The number of amides is 1. The molecule has 0 radical (unpaired) electrons. The first-order valence-corrected chi connectivity index (χ1v) is 9.81. The van der Waals surface area contributed by atoms with Crippen LogP contribution >= 0.6 is 0 Å². The summed E-state index contributed by atoms with van der Waals surface area (Å²) in [6, 6.07) is 6.30. The second kappa shape index (κ2) is 9.96. The first-order valence-electron chi connectivity index (χ1n) is 9.81. The summed E-state index contributed by atoms with van der Waals surface area (Å²) in [6.07, 6.45) is -17.6. The van der Waals surface area contributed by atoms with Crippen LogP contribution in [0.4, 0.5) is 31.1 Å². The van der Waals surface area contributed by atoms with E-state index in [9.17, 15) is 41.0 Å². The number of carboxylic acid groups (broad SMARTS) is 1. The van der Waals surface area contributed by atoms with E-state index in [0.717, 1.165) is 4.90 Å². The van der Waals surface area contributed by atoms with Crippen molar-refractivity contribution < 1.29 is 50.5 Å². The van der Waals surface area contributed by atoms with Gasteiger partial charge in [0, 0.05) is 38.3 Å². The van der Waals surface area contributed by atoms with Gasteiger partial charge in [-0.25, -0.2) is 9.59 Å². The van der Waals surface area contributed by atoms with Crippen molar-refractivity contribution in [2.75, 3.05) is 26.2 Å². The second-order valence-corrected chi connectivity index (χ2v) is 7.96. The molecule has 1 fully saturated rings. The average molecular weight is 497 g/mol. The maximum absolute atomic E-state index is 12.6. The molecule has 2 rings (SSSR count). The van der Waals surface area contributed by atoms with E-state index in [4.69, 9.17) is 10.00 Å². The summed E-state index contributed by atoms with van der Waals surface area (Å²) in [7, 11) is 0. The van der Waals surface area contributed by atoms with Crippen molar-refractivity contribution in [1.29, 1.82) is 5.26 Å². The van der Waals surface area contributed by atoms with Crippen molar-refractivity contribution in [3.05, 3.63) is 29.3 Å². The molecule has 0 atom stereocenters. The summed E-state index contributed by atoms with van der Waals surface area (Å²) in [4.78, 5) is 25.8. The molecule has 1 amide bonds. The number of benzene rings is 1. The number of nitrogens with zero attached hydrogens (tertiary/aromatic N) is 3. The molecule has 1 N–H and O–H groups in total. The van der Waals surface area contributed by atoms with Gasteiger partial charge in [0.25, 0.3) is 6.10 Å². The van der Waals surface area contributed by atoms with Gasteiger partial charge in [-0.3, -0.25) is 4.90 Å². The van der Waals surface area contributed by atoms with Crippen molar-refractivity contribution >= 4 is 12.1 Å². The third-order valence-electron chi connectivity index (χ3n) is 4.91. The van der Waals surface area contributed by atoms with Crippen LogP contribution in [-0.4, -0.2) is 77.2 Å². The van der Waals surface area contributed by atoms with Crippen molar-refractivity contribution in [1.82, 2.24) is 9.80 Å². The lowest BCUT2D eigenvalue weighted by Crippen LogP contribution is -2.52. The lowest BCUT2D eigenvalue weighted by atomic mass is 10.1. The predicted molar refractivity (Wildman–Crippen MR) is 103 cm³/mol. The SMILES string of the molecule is CC(C)(Oc1cc(C#N)ccc1CN1CCN(C(=O)OC(C(F)(F)F)C(F)(F)F)CC1)C(=O)O. The molecule has 1 heterocycles. The molecule has 0 spiro atoms. The maximum atomic E-state index is 12.6. The standard InChI is InChI=1S/C20H21F6N3O5/c1-18(2,16(30)31)34-14-9-12(10-27)3-4-13(14)11-28-5-7-29(8-6-28)17(32)33-15(19(21,22)23)20(24,25)26/h3-4,9,15H,5-8,11H2,1-2H3,(H,30,31). The fourth-order valence-corrected chi connectivity index (χ4v) is 2.99. The lowest BCUT2D eigenvalue weighted by molar-refractivity contribution is -0.308. The Balaban J connectivity index is 2.06. The molecule has 188 valence electrons. The zero-order valence-electron chi connectivity index (χ0n) is 18.0. The molecule has 8 nitrogen and oxygen atoms in total. The smallest absolute Gasteiger partial charge is 0.434 e. The number of rotatable bonds is 6. The number of carboxylic acids is 1. The van der Waals surface area contributed by atoms with E-state index in [2.05, 4.69) is 4.74 Å². The van der Waals surface area contributed by atoms with Gasteiger partial charge in [0.2, 0.25) is 0 Å². The molecule has 0 bridgehead atoms. The molecule has 1 aliphatic heterocycles. The Labute approximate surface area is 190 Å². The van der Waals surface area contributed by atoms with Crippen LogP contribution in [0.1, 0.15) is 25.0 Å². The van der Waals surface area contributed by atoms with Gasteiger partial charge in [-0.2, -0.15) is 31.6 Å². The van der Waals surface area contributed by atoms with Crippen LogP contribution in [0, 0.1) is 11.3 Å². The summed E-state index contributed by atoms with van der Waals surface area (Å²) >= 11 is 0. The molecule has 14 heteroatoms. The van der Waals surface area contributed by atoms with E-state index in [-0.39, 0.29) is 44.0 Å². The van der Waals surface area contributed by atoms with Crippen LogP contribution < -0.4 is 4.74 Å². The fraction of sp³-hybridized carbons (Fsp3) is 0.550. The zero-order chi connectivity index (χ0) is 25.9. The lowest BCUT2D eigenvalue weighted by Gasteiger charge is -2.35. The topological polar surface area (TPSA) is 103 Å².